The summed E-state index contributed by atoms with van der Waals surface area (Å²) in [7, 11) is 1.87. The Kier molecular flexibility index (Phi) is 4.78. The van der Waals surface area contributed by atoms with Crippen molar-refractivity contribution in [3.05, 3.63) is 29.3 Å². The fourth-order valence-electron chi connectivity index (χ4n) is 2.15. The van der Waals surface area contributed by atoms with Crippen molar-refractivity contribution < 1.29 is 14.3 Å². The van der Waals surface area contributed by atoms with Crippen LogP contribution in [0.15, 0.2) is 23.6 Å². The summed E-state index contributed by atoms with van der Waals surface area (Å²) >= 11 is 1.52. The number of rotatable bonds is 6. The van der Waals surface area contributed by atoms with Gasteiger partial charge in [0.15, 0.2) is 11.5 Å². The molecule has 122 valence electrons. The summed E-state index contributed by atoms with van der Waals surface area (Å²) in [4.78, 5) is 16.5. The van der Waals surface area contributed by atoms with Crippen LogP contribution in [0.3, 0.4) is 0 Å². The number of carbonyl (C=O) groups is 1. The number of carbonyl (C=O) groups excluding carboxylic acids is 1. The Morgan fingerprint density at radius 2 is 2.22 bits per heavy atom. The average Bonchev–Trinajstić information content (AvgIpc) is 3.20. The second-order valence-corrected chi connectivity index (χ2v) is 6.24. The molecular weight excluding hydrogens is 314 g/mol. The lowest BCUT2D eigenvalue weighted by molar-refractivity contribution is -0.120. The number of benzene rings is 1. The summed E-state index contributed by atoms with van der Waals surface area (Å²) in [5, 5.41) is 8.76. The maximum atomic E-state index is 11.9. The number of likely N-dealkylation sites (N-methyl/N-ethyl adjacent to an activating group) is 1. The van der Waals surface area contributed by atoms with Crippen LogP contribution in [0.25, 0.3) is 10.6 Å². The van der Waals surface area contributed by atoms with Gasteiger partial charge in [0.2, 0.25) is 12.7 Å². The molecule has 0 bridgehead atoms. The maximum Gasteiger partial charge on any atom is 0.231 e. The molecule has 6 nitrogen and oxygen atoms in total. The first-order valence-corrected chi connectivity index (χ1v) is 8.32. The van der Waals surface area contributed by atoms with Gasteiger partial charge in [-0.2, -0.15) is 0 Å². The molecule has 1 aromatic carbocycles. The highest BCUT2D eigenvalue weighted by Crippen LogP contribution is 2.36. The van der Waals surface area contributed by atoms with Crippen molar-refractivity contribution in [1.82, 2.24) is 15.6 Å². The number of aromatic nitrogens is 1. The third-order valence-electron chi connectivity index (χ3n) is 3.61. The fraction of sp³-hybridized carbons (Fsp3) is 0.375. The lowest BCUT2D eigenvalue weighted by atomic mass is 10.2. The fourth-order valence-corrected chi connectivity index (χ4v) is 2.96. The minimum atomic E-state index is -0.0189. The van der Waals surface area contributed by atoms with Crippen LogP contribution in [0, 0.1) is 0 Å². The van der Waals surface area contributed by atoms with Gasteiger partial charge in [0.05, 0.1) is 12.1 Å². The van der Waals surface area contributed by atoms with Gasteiger partial charge in [-0.15, -0.1) is 11.3 Å². The zero-order valence-corrected chi connectivity index (χ0v) is 13.9. The van der Waals surface area contributed by atoms with E-state index in [4.69, 9.17) is 9.47 Å². The highest BCUT2D eigenvalue weighted by molar-refractivity contribution is 7.13. The molecule has 3 rings (SSSR count). The highest BCUT2D eigenvalue weighted by atomic mass is 32.1. The van der Waals surface area contributed by atoms with Crippen molar-refractivity contribution in [3.63, 3.8) is 0 Å². The van der Waals surface area contributed by atoms with Gasteiger partial charge < -0.3 is 20.1 Å². The molecule has 0 spiro atoms. The molecule has 1 aliphatic rings. The minimum Gasteiger partial charge on any atom is -0.454 e. The van der Waals surface area contributed by atoms with E-state index in [0.29, 0.717) is 6.54 Å². The minimum absolute atomic E-state index is 0.0189. The van der Waals surface area contributed by atoms with Gasteiger partial charge in [-0.1, -0.05) is 0 Å². The van der Waals surface area contributed by atoms with E-state index in [-0.39, 0.29) is 25.2 Å². The van der Waals surface area contributed by atoms with Crippen molar-refractivity contribution in [1.29, 1.82) is 0 Å². The number of hydrogen-bond acceptors (Lipinski definition) is 6. The van der Waals surface area contributed by atoms with E-state index in [9.17, 15) is 4.79 Å². The lowest BCUT2D eigenvalue weighted by Crippen LogP contribution is -2.37. The largest absolute Gasteiger partial charge is 0.454 e. The first kappa shape index (κ1) is 15.8. The lowest BCUT2D eigenvalue weighted by Gasteiger charge is -2.10. The molecule has 2 aromatic rings. The average molecular weight is 333 g/mol. The SMILES string of the molecule is CNC(C)CNC(=O)Cc1csc(-c2ccc3c(c2)OCO3)n1. The Bertz CT molecular complexity index is 702. The predicted octanol–water partition coefficient (Wildman–Crippen LogP) is 1.81. The second-order valence-electron chi connectivity index (χ2n) is 5.38. The first-order valence-electron chi connectivity index (χ1n) is 7.44. The van der Waals surface area contributed by atoms with Crippen LogP contribution in [0.5, 0.6) is 11.5 Å². The Balaban J connectivity index is 1.63. The monoisotopic (exact) mass is 333 g/mol. The summed E-state index contributed by atoms with van der Waals surface area (Å²) in [6, 6.07) is 5.99. The van der Waals surface area contributed by atoms with Crippen LogP contribution in [0.4, 0.5) is 0 Å². The molecule has 1 aromatic heterocycles. The molecule has 0 saturated heterocycles. The van der Waals surface area contributed by atoms with Crippen LogP contribution in [0.1, 0.15) is 12.6 Å². The van der Waals surface area contributed by atoms with Crippen LogP contribution in [0.2, 0.25) is 0 Å². The number of hydrogen-bond donors (Lipinski definition) is 2. The van der Waals surface area contributed by atoms with E-state index in [0.717, 1.165) is 27.8 Å². The van der Waals surface area contributed by atoms with Crippen molar-refractivity contribution >= 4 is 17.2 Å². The second kappa shape index (κ2) is 6.97. The highest BCUT2D eigenvalue weighted by Gasteiger charge is 2.16. The van der Waals surface area contributed by atoms with Crippen LogP contribution in [-0.2, 0) is 11.2 Å². The van der Waals surface area contributed by atoms with Crippen LogP contribution < -0.4 is 20.1 Å². The third-order valence-corrected chi connectivity index (χ3v) is 4.55. The summed E-state index contributed by atoms with van der Waals surface area (Å²) < 4.78 is 10.7. The Labute approximate surface area is 138 Å². The van der Waals surface area contributed by atoms with Gasteiger partial charge >= 0.3 is 0 Å². The van der Waals surface area contributed by atoms with Gasteiger partial charge in [-0.25, -0.2) is 4.98 Å². The van der Waals surface area contributed by atoms with Crippen LogP contribution >= 0.6 is 11.3 Å². The zero-order chi connectivity index (χ0) is 16.2. The van der Waals surface area contributed by atoms with E-state index in [2.05, 4.69) is 15.6 Å². The van der Waals surface area contributed by atoms with E-state index >= 15 is 0 Å². The molecular formula is C16H19N3O3S. The standard InChI is InChI=1S/C16H19N3O3S/c1-10(17-2)7-18-15(20)6-12-8-23-16(19-12)11-3-4-13-14(5-11)22-9-21-13/h3-5,8,10,17H,6-7,9H2,1-2H3,(H,18,20). The van der Waals surface area contributed by atoms with Gasteiger partial charge in [0.25, 0.3) is 0 Å². The Morgan fingerprint density at radius 3 is 3.04 bits per heavy atom. The normalized spacial score (nSPS) is 13.8. The van der Waals surface area contributed by atoms with E-state index < -0.39 is 0 Å². The summed E-state index contributed by atoms with van der Waals surface area (Å²) in [6.07, 6.45) is 0.289. The topological polar surface area (TPSA) is 72.5 Å². The van der Waals surface area contributed by atoms with Crippen LogP contribution in [-0.4, -0.2) is 37.3 Å². The molecule has 7 heteroatoms. The predicted molar refractivity (Wildman–Crippen MR) is 88.9 cm³/mol. The van der Waals surface area contributed by atoms with Crippen molar-refractivity contribution in [2.45, 2.75) is 19.4 Å². The molecule has 0 radical (unpaired) electrons. The number of amides is 1. The first-order chi connectivity index (χ1) is 11.2. The van der Waals surface area contributed by atoms with Gasteiger partial charge in [0.1, 0.15) is 5.01 Å². The van der Waals surface area contributed by atoms with Crippen molar-refractivity contribution in [2.24, 2.45) is 0 Å². The van der Waals surface area contributed by atoms with Gasteiger partial charge in [-0.05, 0) is 32.2 Å². The molecule has 2 N–H and O–H groups in total. The Hall–Kier alpha value is -2.12. The summed E-state index contributed by atoms with van der Waals surface area (Å²) in [5.41, 5.74) is 1.74. The molecule has 0 saturated carbocycles. The molecule has 1 aliphatic heterocycles. The molecule has 1 unspecified atom stereocenters. The smallest absolute Gasteiger partial charge is 0.231 e. The summed E-state index contributed by atoms with van der Waals surface area (Å²) in [5.74, 6) is 1.47. The molecule has 0 aliphatic carbocycles. The molecule has 1 atom stereocenters. The molecule has 1 amide bonds. The van der Waals surface area contributed by atoms with E-state index in [1.807, 2.05) is 37.6 Å². The maximum absolute atomic E-state index is 11.9. The van der Waals surface area contributed by atoms with E-state index in [1.54, 1.807) is 0 Å². The van der Waals surface area contributed by atoms with Gasteiger partial charge in [0, 0.05) is 23.5 Å². The van der Waals surface area contributed by atoms with Crippen molar-refractivity contribution in [3.8, 4) is 22.1 Å². The third kappa shape index (κ3) is 3.80. The molecule has 0 fully saturated rings. The molecule has 2 heterocycles. The number of fused-ring (bicyclic) bond motifs is 1. The van der Waals surface area contributed by atoms with Gasteiger partial charge in [-0.3, -0.25) is 4.79 Å². The quantitative estimate of drug-likeness (QED) is 0.843. The summed E-state index contributed by atoms with van der Waals surface area (Å²) in [6.45, 7) is 2.88. The number of ether oxygens (including phenoxy) is 2. The molecule has 23 heavy (non-hydrogen) atoms. The number of nitrogens with zero attached hydrogens (tertiary/aromatic N) is 1. The van der Waals surface area contributed by atoms with Crippen molar-refractivity contribution in [2.75, 3.05) is 20.4 Å². The zero-order valence-electron chi connectivity index (χ0n) is 13.1. The Morgan fingerprint density at radius 1 is 1.39 bits per heavy atom. The number of thiazole rings is 1. The number of nitrogens with one attached hydrogen (secondary N) is 2. The van der Waals surface area contributed by atoms with E-state index in [1.165, 1.54) is 11.3 Å².